The van der Waals surface area contributed by atoms with Gasteiger partial charge < -0.3 is 5.32 Å². The number of carbonyl (C=O) groups excluding carboxylic acids is 3. The van der Waals surface area contributed by atoms with Gasteiger partial charge in [-0.15, -0.1) is 11.3 Å². The molecule has 7 heteroatoms. The highest BCUT2D eigenvalue weighted by atomic mass is 32.1. The van der Waals surface area contributed by atoms with Crippen molar-refractivity contribution in [3.63, 3.8) is 0 Å². The molecule has 1 heterocycles. The molecule has 0 aliphatic heterocycles. The number of carbonyl (C=O) groups is 3. The Kier molecular flexibility index (Phi) is 5.54. The molecule has 0 aromatic carbocycles. The molecule has 0 unspecified atom stereocenters. The third kappa shape index (κ3) is 3.85. The normalized spacial score (nSPS) is 13.7. The molecule has 0 saturated heterocycles. The summed E-state index contributed by atoms with van der Waals surface area (Å²) in [4.78, 5) is 36.3. The Bertz CT molecular complexity index is 595. The second-order valence-corrected chi connectivity index (χ2v) is 6.41. The lowest BCUT2D eigenvalue weighted by atomic mass is 10.1. The molecule has 1 aromatic heterocycles. The van der Waals surface area contributed by atoms with Crippen molar-refractivity contribution >= 4 is 34.1 Å². The predicted octanol–water partition coefficient (Wildman–Crippen LogP) is 2.15. The minimum Gasteiger partial charge on any atom is -0.317 e. The zero-order valence-corrected chi connectivity index (χ0v) is 13.7. The van der Waals surface area contributed by atoms with Crippen LogP contribution in [0.3, 0.4) is 0 Å². The van der Waals surface area contributed by atoms with Gasteiger partial charge in [0.1, 0.15) is 5.00 Å². The molecule has 6 nitrogen and oxygen atoms in total. The SMILES string of the molecule is CCC(=O)Nc1sc2c(c1C(=O)NNC(C)=O)CCCCC2. The van der Waals surface area contributed by atoms with Gasteiger partial charge in [-0.1, -0.05) is 13.3 Å². The van der Waals surface area contributed by atoms with Gasteiger partial charge in [-0.25, -0.2) is 0 Å². The van der Waals surface area contributed by atoms with Gasteiger partial charge in [0.25, 0.3) is 5.91 Å². The van der Waals surface area contributed by atoms with E-state index in [0.29, 0.717) is 17.0 Å². The summed E-state index contributed by atoms with van der Waals surface area (Å²) < 4.78 is 0. The first-order valence-corrected chi connectivity index (χ1v) is 8.35. The maximum absolute atomic E-state index is 12.4. The molecule has 3 N–H and O–H groups in total. The van der Waals surface area contributed by atoms with E-state index in [1.807, 2.05) is 0 Å². The van der Waals surface area contributed by atoms with E-state index in [-0.39, 0.29) is 17.7 Å². The molecule has 0 fully saturated rings. The summed E-state index contributed by atoms with van der Waals surface area (Å²) in [5.74, 6) is -0.834. The molecule has 0 atom stereocenters. The Balaban J connectivity index is 2.33. The Morgan fingerprint density at radius 2 is 1.82 bits per heavy atom. The molecule has 1 aliphatic carbocycles. The van der Waals surface area contributed by atoms with Crippen LogP contribution < -0.4 is 16.2 Å². The fourth-order valence-corrected chi connectivity index (χ4v) is 3.80. The summed E-state index contributed by atoms with van der Waals surface area (Å²) in [6, 6.07) is 0. The van der Waals surface area contributed by atoms with Crippen LogP contribution in [-0.4, -0.2) is 17.7 Å². The van der Waals surface area contributed by atoms with Crippen molar-refractivity contribution in [3.8, 4) is 0 Å². The number of hydrazine groups is 1. The van der Waals surface area contributed by atoms with Crippen LogP contribution in [0.5, 0.6) is 0 Å². The van der Waals surface area contributed by atoms with Crippen LogP contribution in [0.2, 0.25) is 0 Å². The fourth-order valence-electron chi connectivity index (χ4n) is 2.49. The van der Waals surface area contributed by atoms with Gasteiger partial charge >= 0.3 is 0 Å². The van der Waals surface area contributed by atoms with Crippen molar-refractivity contribution in [1.82, 2.24) is 10.9 Å². The standard InChI is InChI=1S/C15H21N3O3S/c1-3-12(20)16-15-13(14(21)18-17-9(2)19)10-7-5-4-6-8-11(10)22-15/h3-8H2,1-2H3,(H,16,20)(H,17,19)(H,18,21). The largest absolute Gasteiger partial charge is 0.317 e. The number of nitrogens with one attached hydrogen (secondary N) is 3. The van der Waals surface area contributed by atoms with Gasteiger partial charge in [0.2, 0.25) is 11.8 Å². The lowest BCUT2D eigenvalue weighted by molar-refractivity contribution is -0.119. The number of anilines is 1. The maximum atomic E-state index is 12.4. The molecule has 0 bridgehead atoms. The first-order chi connectivity index (χ1) is 10.5. The average Bonchev–Trinajstić information content (AvgIpc) is 2.66. The lowest BCUT2D eigenvalue weighted by Gasteiger charge is -2.09. The Hall–Kier alpha value is -1.89. The van der Waals surface area contributed by atoms with Crippen molar-refractivity contribution in [3.05, 3.63) is 16.0 Å². The van der Waals surface area contributed by atoms with Gasteiger partial charge in [0.15, 0.2) is 0 Å². The van der Waals surface area contributed by atoms with Crippen LogP contribution in [-0.2, 0) is 22.4 Å². The molecule has 0 saturated carbocycles. The van der Waals surface area contributed by atoms with E-state index in [2.05, 4.69) is 16.2 Å². The van der Waals surface area contributed by atoms with Crippen LogP contribution in [0.4, 0.5) is 5.00 Å². The van der Waals surface area contributed by atoms with E-state index in [1.165, 1.54) is 18.3 Å². The molecule has 0 spiro atoms. The maximum Gasteiger partial charge on any atom is 0.272 e. The number of amides is 3. The number of thiophene rings is 1. The predicted molar refractivity (Wildman–Crippen MR) is 85.8 cm³/mol. The molecule has 1 aromatic rings. The number of fused-ring (bicyclic) bond motifs is 1. The summed E-state index contributed by atoms with van der Waals surface area (Å²) in [6.07, 6.45) is 5.39. The number of aryl methyl sites for hydroxylation is 1. The van der Waals surface area contributed by atoms with Crippen LogP contribution in [0, 0.1) is 0 Å². The summed E-state index contributed by atoms with van der Waals surface area (Å²) in [7, 11) is 0. The van der Waals surface area contributed by atoms with E-state index in [4.69, 9.17) is 0 Å². The van der Waals surface area contributed by atoms with Crippen LogP contribution in [0.25, 0.3) is 0 Å². The van der Waals surface area contributed by atoms with Crippen LogP contribution >= 0.6 is 11.3 Å². The third-order valence-corrected chi connectivity index (χ3v) is 4.78. The number of hydrogen-bond donors (Lipinski definition) is 3. The Labute approximate surface area is 133 Å². The van der Waals surface area contributed by atoms with Gasteiger partial charge in [-0.3, -0.25) is 25.2 Å². The van der Waals surface area contributed by atoms with Crippen molar-refractivity contribution < 1.29 is 14.4 Å². The molecule has 2 rings (SSSR count). The number of hydrogen-bond acceptors (Lipinski definition) is 4. The summed E-state index contributed by atoms with van der Waals surface area (Å²) in [5.41, 5.74) is 6.22. The summed E-state index contributed by atoms with van der Waals surface area (Å²) >= 11 is 1.48. The van der Waals surface area contributed by atoms with Crippen molar-refractivity contribution in [2.24, 2.45) is 0 Å². The zero-order valence-electron chi connectivity index (χ0n) is 12.9. The Morgan fingerprint density at radius 1 is 1.09 bits per heavy atom. The summed E-state index contributed by atoms with van der Waals surface area (Å²) in [5, 5.41) is 3.40. The molecular weight excluding hydrogens is 302 g/mol. The summed E-state index contributed by atoms with van der Waals surface area (Å²) in [6.45, 7) is 3.10. The molecule has 120 valence electrons. The van der Waals surface area contributed by atoms with Gasteiger partial charge in [0.05, 0.1) is 5.56 Å². The first kappa shape index (κ1) is 16.5. The quantitative estimate of drug-likeness (QED) is 0.588. The van der Waals surface area contributed by atoms with E-state index in [0.717, 1.165) is 42.5 Å². The molecule has 22 heavy (non-hydrogen) atoms. The average molecular weight is 323 g/mol. The minimum atomic E-state index is -0.374. The smallest absolute Gasteiger partial charge is 0.272 e. The third-order valence-electron chi connectivity index (χ3n) is 3.57. The monoisotopic (exact) mass is 323 g/mol. The van der Waals surface area contributed by atoms with Gasteiger partial charge in [0, 0.05) is 18.2 Å². The molecule has 1 aliphatic rings. The highest BCUT2D eigenvalue weighted by Crippen LogP contribution is 2.37. The highest BCUT2D eigenvalue weighted by Gasteiger charge is 2.25. The van der Waals surface area contributed by atoms with E-state index in [9.17, 15) is 14.4 Å². The van der Waals surface area contributed by atoms with Crippen molar-refractivity contribution in [2.75, 3.05) is 5.32 Å². The van der Waals surface area contributed by atoms with Gasteiger partial charge in [-0.05, 0) is 31.2 Å². The first-order valence-electron chi connectivity index (χ1n) is 7.54. The Morgan fingerprint density at radius 3 is 2.50 bits per heavy atom. The minimum absolute atomic E-state index is 0.120. The van der Waals surface area contributed by atoms with Crippen LogP contribution in [0.1, 0.15) is 60.3 Å². The highest BCUT2D eigenvalue weighted by molar-refractivity contribution is 7.17. The number of rotatable bonds is 3. The lowest BCUT2D eigenvalue weighted by Crippen LogP contribution is -2.40. The second kappa shape index (κ2) is 7.40. The zero-order chi connectivity index (χ0) is 16.1. The molecule has 3 amide bonds. The molecule has 0 radical (unpaired) electrons. The van der Waals surface area contributed by atoms with E-state index >= 15 is 0 Å². The second-order valence-electron chi connectivity index (χ2n) is 5.31. The fraction of sp³-hybridized carbons (Fsp3) is 0.533. The van der Waals surface area contributed by atoms with Crippen LogP contribution in [0.15, 0.2) is 0 Å². The van der Waals surface area contributed by atoms with E-state index < -0.39 is 0 Å². The van der Waals surface area contributed by atoms with Gasteiger partial charge in [-0.2, -0.15) is 0 Å². The topological polar surface area (TPSA) is 87.3 Å². The van der Waals surface area contributed by atoms with Crippen molar-refractivity contribution in [1.29, 1.82) is 0 Å². The molecular formula is C15H21N3O3S. The van der Waals surface area contributed by atoms with Crippen molar-refractivity contribution in [2.45, 2.75) is 52.4 Å². The van der Waals surface area contributed by atoms with E-state index in [1.54, 1.807) is 6.92 Å².